The maximum absolute atomic E-state index is 8.67. The number of rotatable bonds is 2. The van der Waals surface area contributed by atoms with Crippen molar-refractivity contribution >= 4 is 0 Å². The Labute approximate surface area is 89.2 Å². The Hall–Kier alpha value is -2.01. The maximum atomic E-state index is 8.67. The van der Waals surface area contributed by atoms with Gasteiger partial charge in [-0.2, -0.15) is 5.26 Å². The molecule has 1 heterocycles. The van der Waals surface area contributed by atoms with Crippen molar-refractivity contribution in [2.24, 2.45) is 0 Å². The summed E-state index contributed by atoms with van der Waals surface area (Å²) < 4.78 is 0. The lowest BCUT2D eigenvalue weighted by Crippen LogP contribution is -1.88. The summed E-state index contributed by atoms with van der Waals surface area (Å²) in [6, 6.07) is 14.3. The van der Waals surface area contributed by atoms with Gasteiger partial charge in [0.1, 0.15) is 11.8 Å². The first kappa shape index (κ1) is 9.54. The van der Waals surface area contributed by atoms with Crippen molar-refractivity contribution in [1.29, 1.82) is 5.26 Å². The number of hydrogen-bond donors (Lipinski definition) is 1. The monoisotopic (exact) mass is 196 g/mol. The number of nitrogens with one attached hydrogen (secondary N) is 1. The Morgan fingerprint density at radius 3 is 2.47 bits per heavy atom. The van der Waals surface area contributed by atoms with Crippen LogP contribution >= 0.6 is 0 Å². The summed E-state index contributed by atoms with van der Waals surface area (Å²) in [5.41, 5.74) is 4.22. The molecule has 0 amide bonds. The molecule has 1 N–H and O–H groups in total. The largest absolute Gasteiger partial charge is 0.350 e. The molecule has 2 rings (SSSR count). The van der Waals surface area contributed by atoms with Crippen molar-refractivity contribution < 1.29 is 0 Å². The topological polar surface area (TPSA) is 39.6 Å². The van der Waals surface area contributed by atoms with Crippen LogP contribution in [0, 0.1) is 18.3 Å². The molecule has 0 aliphatic rings. The predicted molar refractivity (Wildman–Crippen MR) is 59.5 cm³/mol. The van der Waals surface area contributed by atoms with Crippen molar-refractivity contribution in [2.75, 3.05) is 0 Å². The molecule has 0 bridgehead atoms. The zero-order chi connectivity index (χ0) is 10.7. The van der Waals surface area contributed by atoms with Gasteiger partial charge in [0.25, 0.3) is 0 Å². The van der Waals surface area contributed by atoms with Gasteiger partial charge in [0, 0.05) is 12.1 Å². The molecular formula is C13H12N2. The number of aromatic amines is 1. The second kappa shape index (κ2) is 4.02. The highest BCUT2D eigenvalue weighted by Gasteiger charge is 1.99. The van der Waals surface area contributed by atoms with Crippen LogP contribution in [0.4, 0.5) is 0 Å². The smallest absolute Gasteiger partial charge is 0.117 e. The first-order chi connectivity index (χ1) is 7.28. The molecule has 0 aliphatic carbocycles. The SMILES string of the molecule is Cc1ccc(Cc2ccc(C#N)[nH]2)cc1. The molecule has 0 saturated carbocycles. The minimum atomic E-state index is 0.622. The number of nitrogens with zero attached hydrogens (tertiary/aromatic N) is 1. The van der Waals surface area contributed by atoms with Crippen LogP contribution in [0.1, 0.15) is 22.5 Å². The zero-order valence-corrected chi connectivity index (χ0v) is 8.62. The molecule has 1 aromatic heterocycles. The summed E-state index contributed by atoms with van der Waals surface area (Å²) in [7, 11) is 0. The summed E-state index contributed by atoms with van der Waals surface area (Å²) >= 11 is 0. The van der Waals surface area contributed by atoms with Gasteiger partial charge in [0.15, 0.2) is 0 Å². The van der Waals surface area contributed by atoms with Gasteiger partial charge in [0.2, 0.25) is 0 Å². The number of aryl methyl sites for hydroxylation is 1. The number of nitriles is 1. The minimum Gasteiger partial charge on any atom is -0.350 e. The van der Waals surface area contributed by atoms with Crippen molar-refractivity contribution in [3.63, 3.8) is 0 Å². The first-order valence-electron chi connectivity index (χ1n) is 4.91. The lowest BCUT2D eigenvalue weighted by atomic mass is 10.1. The molecule has 0 radical (unpaired) electrons. The van der Waals surface area contributed by atoms with E-state index in [-0.39, 0.29) is 0 Å². The van der Waals surface area contributed by atoms with E-state index in [4.69, 9.17) is 5.26 Å². The quantitative estimate of drug-likeness (QED) is 0.788. The molecule has 2 heteroatoms. The molecule has 0 unspecified atom stereocenters. The Bertz CT molecular complexity index is 486. The molecule has 0 spiro atoms. The Kier molecular flexibility index (Phi) is 2.55. The van der Waals surface area contributed by atoms with Crippen LogP contribution in [-0.2, 0) is 6.42 Å². The van der Waals surface area contributed by atoms with E-state index < -0.39 is 0 Å². The zero-order valence-electron chi connectivity index (χ0n) is 8.62. The van der Waals surface area contributed by atoms with Gasteiger partial charge in [-0.25, -0.2) is 0 Å². The van der Waals surface area contributed by atoms with Crippen molar-refractivity contribution in [1.82, 2.24) is 4.98 Å². The van der Waals surface area contributed by atoms with Gasteiger partial charge in [-0.1, -0.05) is 29.8 Å². The van der Waals surface area contributed by atoms with Gasteiger partial charge in [-0.05, 0) is 24.6 Å². The molecule has 0 fully saturated rings. The van der Waals surface area contributed by atoms with Crippen LogP contribution in [-0.4, -0.2) is 4.98 Å². The second-order valence-corrected chi connectivity index (χ2v) is 3.67. The summed E-state index contributed by atoms with van der Waals surface area (Å²) in [5, 5.41) is 8.67. The third-order valence-corrected chi connectivity index (χ3v) is 2.38. The van der Waals surface area contributed by atoms with Crippen LogP contribution in [0.25, 0.3) is 0 Å². The van der Waals surface area contributed by atoms with Crippen molar-refractivity contribution in [2.45, 2.75) is 13.3 Å². The molecule has 15 heavy (non-hydrogen) atoms. The molecule has 74 valence electrons. The maximum Gasteiger partial charge on any atom is 0.117 e. The van der Waals surface area contributed by atoms with Crippen LogP contribution in [0.15, 0.2) is 36.4 Å². The fraction of sp³-hybridized carbons (Fsp3) is 0.154. The summed E-state index contributed by atoms with van der Waals surface area (Å²) in [6.07, 6.45) is 0.849. The Morgan fingerprint density at radius 1 is 1.13 bits per heavy atom. The second-order valence-electron chi connectivity index (χ2n) is 3.67. The number of benzene rings is 1. The third-order valence-electron chi connectivity index (χ3n) is 2.38. The number of H-pyrrole nitrogens is 1. The van der Waals surface area contributed by atoms with E-state index in [0.29, 0.717) is 5.69 Å². The van der Waals surface area contributed by atoms with Gasteiger partial charge in [-0.3, -0.25) is 0 Å². The van der Waals surface area contributed by atoms with Crippen LogP contribution in [0.5, 0.6) is 0 Å². The molecule has 0 atom stereocenters. The lowest BCUT2D eigenvalue weighted by molar-refractivity contribution is 1.09. The highest BCUT2D eigenvalue weighted by Crippen LogP contribution is 2.10. The van der Waals surface area contributed by atoms with Gasteiger partial charge in [0.05, 0.1) is 0 Å². The summed E-state index contributed by atoms with van der Waals surface area (Å²) in [6.45, 7) is 2.08. The van der Waals surface area contributed by atoms with E-state index in [0.717, 1.165) is 12.1 Å². The summed E-state index contributed by atoms with van der Waals surface area (Å²) in [5.74, 6) is 0. The Balaban J connectivity index is 2.15. The average molecular weight is 196 g/mol. The molecular weight excluding hydrogens is 184 g/mol. The van der Waals surface area contributed by atoms with Crippen LogP contribution < -0.4 is 0 Å². The van der Waals surface area contributed by atoms with Crippen molar-refractivity contribution in [3.05, 3.63) is 58.9 Å². The molecule has 2 nitrogen and oxygen atoms in total. The fourth-order valence-corrected chi connectivity index (χ4v) is 1.53. The fourth-order valence-electron chi connectivity index (χ4n) is 1.53. The molecule has 2 aromatic rings. The standard InChI is InChI=1S/C13H12N2/c1-10-2-4-11(5-3-10)8-12-6-7-13(9-14)15-12/h2-7,15H,8H2,1H3. The predicted octanol–water partition coefficient (Wildman–Crippen LogP) is 2.79. The normalized spacial score (nSPS) is 9.87. The molecule has 0 saturated heterocycles. The molecule has 1 aromatic carbocycles. The van der Waals surface area contributed by atoms with Crippen LogP contribution in [0.2, 0.25) is 0 Å². The Morgan fingerprint density at radius 2 is 1.87 bits per heavy atom. The highest BCUT2D eigenvalue weighted by molar-refractivity contribution is 5.29. The molecule has 0 aliphatic heterocycles. The van der Waals surface area contributed by atoms with Gasteiger partial charge >= 0.3 is 0 Å². The van der Waals surface area contributed by atoms with Crippen molar-refractivity contribution in [3.8, 4) is 6.07 Å². The van der Waals surface area contributed by atoms with E-state index >= 15 is 0 Å². The van der Waals surface area contributed by atoms with E-state index in [1.165, 1.54) is 11.1 Å². The van der Waals surface area contributed by atoms with E-state index in [1.807, 2.05) is 12.1 Å². The summed E-state index contributed by atoms with van der Waals surface area (Å²) in [4.78, 5) is 3.06. The number of hydrogen-bond acceptors (Lipinski definition) is 1. The highest BCUT2D eigenvalue weighted by atomic mass is 14.7. The van der Waals surface area contributed by atoms with Gasteiger partial charge in [-0.15, -0.1) is 0 Å². The lowest BCUT2D eigenvalue weighted by Gasteiger charge is -1.99. The third kappa shape index (κ3) is 2.26. The van der Waals surface area contributed by atoms with Gasteiger partial charge < -0.3 is 4.98 Å². The minimum absolute atomic E-state index is 0.622. The first-order valence-corrected chi connectivity index (χ1v) is 4.91. The van der Waals surface area contributed by atoms with Crippen LogP contribution in [0.3, 0.4) is 0 Å². The van der Waals surface area contributed by atoms with E-state index in [1.54, 1.807) is 0 Å². The van der Waals surface area contributed by atoms with E-state index in [9.17, 15) is 0 Å². The van der Waals surface area contributed by atoms with E-state index in [2.05, 4.69) is 42.2 Å². The average Bonchev–Trinajstić information content (AvgIpc) is 2.69. The number of aromatic nitrogens is 1.